The number of ether oxygens (including phenoxy) is 1. The van der Waals surface area contributed by atoms with Crippen molar-refractivity contribution in [2.45, 2.75) is 31.9 Å². The van der Waals surface area contributed by atoms with Gasteiger partial charge in [0.25, 0.3) is 0 Å². The molecular weight excluding hydrogens is 130 g/mol. The lowest BCUT2D eigenvalue weighted by molar-refractivity contribution is 0.0140. The minimum Gasteiger partial charge on any atom is -0.378 e. The van der Waals surface area contributed by atoms with E-state index in [1.54, 1.807) is 0 Å². The Morgan fingerprint density at radius 3 is 3.10 bits per heavy atom. The molecule has 0 aromatic rings. The van der Waals surface area contributed by atoms with Gasteiger partial charge in [0.05, 0.1) is 12.1 Å². The van der Waals surface area contributed by atoms with Crippen LogP contribution in [0.5, 0.6) is 0 Å². The molecule has 4 nitrogen and oxygen atoms in total. The second-order valence-corrected chi connectivity index (χ2v) is 2.49. The first-order valence-corrected chi connectivity index (χ1v) is 3.50. The van der Waals surface area contributed by atoms with Gasteiger partial charge in [-0.1, -0.05) is 5.11 Å². The van der Waals surface area contributed by atoms with Crippen LogP contribution in [0.15, 0.2) is 5.11 Å². The van der Waals surface area contributed by atoms with Crippen molar-refractivity contribution in [3.8, 4) is 0 Å². The maximum Gasteiger partial charge on any atom is 0.0634 e. The maximum absolute atomic E-state index is 8.14. The molecule has 1 fully saturated rings. The minimum absolute atomic E-state index is 0.0544. The highest BCUT2D eigenvalue weighted by Gasteiger charge is 2.19. The lowest BCUT2D eigenvalue weighted by atomic mass is 10.1. The van der Waals surface area contributed by atoms with Gasteiger partial charge in [0.2, 0.25) is 0 Å². The molecule has 1 heterocycles. The van der Waals surface area contributed by atoms with Crippen molar-refractivity contribution in [3.05, 3.63) is 10.4 Å². The maximum atomic E-state index is 8.14. The molecule has 0 aliphatic carbocycles. The van der Waals surface area contributed by atoms with Gasteiger partial charge in [-0.05, 0) is 25.3 Å². The van der Waals surface area contributed by atoms with E-state index in [1.807, 2.05) is 6.92 Å². The van der Waals surface area contributed by atoms with Crippen LogP contribution < -0.4 is 0 Å². The molecule has 4 heteroatoms. The van der Waals surface area contributed by atoms with Crippen LogP contribution in [0.4, 0.5) is 0 Å². The van der Waals surface area contributed by atoms with Crippen molar-refractivity contribution in [1.29, 1.82) is 0 Å². The number of hydrogen-bond donors (Lipinski definition) is 0. The SMILES string of the molecule is CC1OCCCC1N=[N+]=[N-]. The summed E-state index contributed by atoms with van der Waals surface area (Å²) in [6.45, 7) is 2.75. The van der Waals surface area contributed by atoms with Crippen LogP contribution in [0.3, 0.4) is 0 Å². The fraction of sp³-hybridized carbons (Fsp3) is 1.00. The van der Waals surface area contributed by atoms with Crippen LogP contribution in [-0.2, 0) is 4.74 Å². The Hall–Kier alpha value is -0.730. The van der Waals surface area contributed by atoms with Gasteiger partial charge in [-0.2, -0.15) is 0 Å². The van der Waals surface area contributed by atoms with Crippen LogP contribution in [0.2, 0.25) is 0 Å². The second-order valence-electron chi connectivity index (χ2n) is 2.49. The summed E-state index contributed by atoms with van der Waals surface area (Å²) in [5.74, 6) is 0. The predicted octanol–water partition coefficient (Wildman–Crippen LogP) is 1.86. The van der Waals surface area contributed by atoms with Crippen LogP contribution >= 0.6 is 0 Å². The fourth-order valence-corrected chi connectivity index (χ4v) is 1.13. The van der Waals surface area contributed by atoms with E-state index in [0.717, 1.165) is 19.4 Å². The standard InChI is InChI=1S/C6H11N3O/c1-5-6(8-9-7)3-2-4-10-5/h5-6H,2-4H2,1H3. The lowest BCUT2D eigenvalue weighted by Crippen LogP contribution is -2.29. The molecule has 1 saturated heterocycles. The molecule has 0 N–H and O–H groups in total. The Bertz CT molecular complexity index is 153. The lowest BCUT2D eigenvalue weighted by Gasteiger charge is -2.24. The molecule has 0 amide bonds. The van der Waals surface area contributed by atoms with Gasteiger partial charge in [-0.25, -0.2) is 0 Å². The molecule has 10 heavy (non-hydrogen) atoms. The van der Waals surface area contributed by atoms with E-state index in [-0.39, 0.29) is 12.1 Å². The summed E-state index contributed by atoms with van der Waals surface area (Å²) in [6.07, 6.45) is 2.07. The van der Waals surface area contributed by atoms with Gasteiger partial charge < -0.3 is 4.74 Å². The van der Waals surface area contributed by atoms with Gasteiger partial charge in [-0.15, -0.1) is 0 Å². The van der Waals surface area contributed by atoms with Crippen LogP contribution in [-0.4, -0.2) is 18.8 Å². The van der Waals surface area contributed by atoms with E-state index in [4.69, 9.17) is 10.3 Å². The molecule has 0 radical (unpaired) electrons. The molecule has 0 saturated carbocycles. The second kappa shape index (κ2) is 3.44. The van der Waals surface area contributed by atoms with Gasteiger partial charge in [0.1, 0.15) is 0 Å². The van der Waals surface area contributed by atoms with Crippen molar-refractivity contribution in [3.63, 3.8) is 0 Å². The highest BCUT2D eigenvalue weighted by Crippen LogP contribution is 2.16. The molecule has 1 aliphatic heterocycles. The molecule has 56 valence electrons. The summed E-state index contributed by atoms with van der Waals surface area (Å²) in [4.78, 5) is 2.75. The van der Waals surface area contributed by atoms with Crippen LogP contribution in [0.25, 0.3) is 10.4 Å². The van der Waals surface area contributed by atoms with E-state index >= 15 is 0 Å². The Morgan fingerprint density at radius 2 is 2.50 bits per heavy atom. The largest absolute Gasteiger partial charge is 0.378 e. The number of azide groups is 1. The molecule has 0 aromatic carbocycles. The molecule has 0 spiro atoms. The highest BCUT2D eigenvalue weighted by atomic mass is 16.5. The van der Waals surface area contributed by atoms with Crippen LogP contribution in [0, 0.1) is 0 Å². The Morgan fingerprint density at radius 1 is 1.70 bits per heavy atom. The third-order valence-corrected chi connectivity index (χ3v) is 1.77. The average molecular weight is 141 g/mol. The first-order valence-electron chi connectivity index (χ1n) is 3.50. The molecule has 1 aliphatic rings. The normalized spacial score (nSPS) is 32.9. The van der Waals surface area contributed by atoms with E-state index in [2.05, 4.69) is 10.0 Å². The van der Waals surface area contributed by atoms with E-state index < -0.39 is 0 Å². The summed E-state index contributed by atoms with van der Waals surface area (Å²) in [5.41, 5.74) is 8.14. The topological polar surface area (TPSA) is 58.0 Å². The summed E-state index contributed by atoms with van der Waals surface area (Å²) >= 11 is 0. The molecule has 0 bridgehead atoms. The summed E-state index contributed by atoms with van der Waals surface area (Å²) in [5, 5.41) is 3.62. The van der Waals surface area contributed by atoms with Gasteiger partial charge in [0, 0.05) is 11.5 Å². The van der Waals surface area contributed by atoms with Crippen molar-refractivity contribution in [2.24, 2.45) is 5.11 Å². The third kappa shape index (κ3) is 1.62. The zero-order valence-corrected chi connectivity index (χ0v) is 6.03. The third-order valence-electron chi connectivity index (χ3n) is 1.77. The zero-order valence-electron chi connectivity index (χ0n) is 6.03. The van der Waals surface area contributed by atoms with Gasteiger partial charge in [0.15, 0.2) is 0 Å². The fourth-order valence-electron chi connectivity index (χ4n) is 1.13. The monoisotopic (exact) mass is 141 g/mol. The molecule has 0 aromatic heterocycles. The smallest absolute Gasteiger partial charge is 0.0634 e. The Balaban J connectivity index is 2.47. The molecule has 2 unspecified atom stereocenters. The van der Waals surface area contributed by atoms with Crippen molar-refractivity contribution >= 4 is 0 Å². The summed E-state index contributed by atoms with van der Waals surface area (Å²) < 4.78 is 5.28. The Labute approximate surface area is 59.8 Å². The molecule has 1 rings (SSSR count). The van der Waals surface area contributed by atoms with Gasteiger partial charge in [-0.3, -0.25) is 0 Å². The van der Waals surface area contributed by atoms with E-state index in [0.29, 0.717) is 0 Å². The number of rotatable bonds is 1. The quantitative estimate of drug-likeness (QED) is 0.312. The highest BCUT2D eigenvalue weighted by molar-refractivity contribution is 4.77. The van der Waals surface area contributed by atoms with Gasteiger partial charge >= 0.3 is 0 Å². The number of nitrogens with zero attached hydrogens (tertiary/aromatic N) is 3. The minimum atomic E-state index is 0.0544. The van der Waals surface area contributed by atoms with Crippen molar-refractivity contribution in [1.82, 2.24) is 0 Å². The predicted molar refractivity (Wildman–Crippen MR) is 37.6 cm³/mol. The van der Waals surface area contributed by atoms with Crippen molar-refractivity contribution in [2.75, 3.05) is 6.61 Å². The van der Waals surface area contributed by atoms with Crippen molar-refractivity contribution < 1.29 is 4.74 Å². The van der Waals surface area contributed by atoms with E-state index in [9.17, 15) is 0 Å². The molecular formula is C6H11N3O. The summed E-state index contributed by atoms with van der Waals surface area (Å²) in [6, 6.07) is 0.0544. The molecule has 2 atom stereocenters. The first-order chi connectivity index (χ1) is 4.84. The number of hydrogen-bond acceptors (Lipinski definition) is 2. The van der Waals surface area contributed by atoms with Crippen LogP contribution in [0.1, 0.15) is 19.8 Å². The Kier molecular flexibility index (Phi) is 2.54. The summed E-state index contributed by atoms with van der Waals surface area (Å²) in [7, 11) is 0. The van der Waals surface area contributed by atoms with E-state index in [1.165, 1.54) is 0 Å². The first kappa shape index (κ1) is 7.38. The average Bonchev–Trinajstić information content (AvgIpc) is 1.94. The zero-order chi connectivity index (χ0) is 7.40.